The predicted molar refractivity (Wildman–Crippen MR) is 13.5 cm³/mol. The fourth-order valence-electron chi connectivity index (χ4n) is 0. The molecule has 0 aromatic rings. The van der Waals surface area contributed by atoms with Gasteiger partial charge in [-0.1, -0.05) is 0 Å². The molecule has 0 aliphatic carbocycles. The molecular weight excluding hydrogens is 94.3 g/mol. The molecule has 0 aromatic carbocycles. The van der Waals surface area contributed by atoms with E-state index in [1.165, 1.54) is 0 Å². The van der Waals surface area contributed by atoms with Gasteiger partial charge in [0.05, 0.1) is 0 Å². The first kappa shape index (κ1) is 8.97. The molecule has 0 heterocycles. The van der Waals surface area contributed by atoms with Crippen molar-refractivity contribution in [1.82, 2.24) is 0 Å². The monoisotopic (exact) mass is 98.0 g/mol. The lowest BCUT2D eigenvalue weighted by Crippen LogP contribution is -3.00. The zero-order chi connectivity index (χ0) is 3.58. The fourth-order valence-corrected chi connectivity index (χ4v) is 0. The highest BCUT2D eigenvalue weighted by Gasteiger charge is 1.92. The summed E-state index contributed by atoms with van der Waals surface area (Å²) in [5.74, 6) is 0. The Morgan fingerprint density at radius 1 is 1.20 bits per heavy atom. The molecule has 0 radical (unpaired) electrons. The van der Waals surface area contributed by atoms with Crippen molar-refractivity contribution < 1.29 is 28.9 Å². The Balaban J connectivity index is -0.0000000450. The fraction of sp³-hybridized carbons (Fsp3) is 0. The largest absolute Gasteiger partial charge is 1.00 e. The first-order chi connectivity index (χ1) is 1.73. The van der Waals surface area contributed by atoms with Crippen LogP contribution in [0, 0.1) is 0 Å². The Labute approximate surface area is 37.3 Å². The summed E-state index contributed by atoms with van der Waals surface area (Å²) in [5, 5.41) is 21.5. The van der Waals surface area contributed by atoms with Crippen molar-refractivity contribution >= 4 is 7.32 Å². The van der Waals surface area contributed by atoms with Gasteiger partial charge in [-0.3, -0.25) is 0 Å². The smallest absolute Gasteiger partial charge is 1.00 e. The van der Waals surface area contributed by atoms with Gasteiger partial charge in [0, 0.05) is 0 Å². The van der Waals surface area contributed by atoms with Crippen LogP contribution in [0.25, 0.3) is 0 Å². The second-order valence-electron chi connectivity index (χ2n) is 0.346. The molecule has 0 aliphatic heterocycles. The van der Waals surface area contributed by atoms with E-state index in [0.29, 0.717) is 0 Å². The van der Waals surface area contributed by atoms with Crippen molar-refractivity contribution in [3.05, 3.63) is 0 Å². The van der Waals surface area contributed by atoms with Crippen molar-refractivity contribution in [3.63, 3.8) is 0 Å². The van der Waals surface area contributed by atoms with Gasteiger partial charge < -0.3 is 27.5 Å². The molecule has 0 saturated carbocycles. The predicted octanol–water partition coefficient (Wildman–Crippen LogP) is -4.94. The molecule has 3 nitrogen and oxygen atoms in total. The molecule has 0 spiro atoms. The standard InChI is InChI=1S/BH3O3.ClH/c2-1(3)4;/h2-4H;1H. The highest BCUT2D eigenvalue weighted by molar-refractivity contribution is 6.30. The zero-order valence-corrected chi connectivity index (χ0v) is 3.05. The topological polar surface area (TPSA) is 60.7 Å². The molecule has 0 amide bonds. The maximum absolute atomic E-state index is 7.17. The van der Waals surface area contributed by atoms with Crippen LogP contribution >= 0.6 is 0 Å². The highest BCUT2D eigenvalue weighted by Crippen LogP contribution is 1.40. The van der Waals surface area contributed by atoms with Crippen LogP contribution in [0.15, 0.2) is 0 Å². The maximum atomic E-state index is 7.17. The Hall–Kier alpha value is 0.235. The van der Waals surface area contributed by atoms with Crippen molar-refractivity contribution in [3.8, 4) is 0 Å². The molecule has 0 saturated heterocycles. The van der Waals surface area contributed by atoms with Gasteiger partial charge in [-0.15, -0.1) is 0 Å². The average Bonchev–Trinajstić information content (AvgIpc) is 0.811. The summed E-state index contributed by atoms with van der Waals surface area (Å²) in [6.07, 6.45) is 0. The molecule has 0 atom stereocenters. The van der Waals surface area contributed by atoms with E-state index in [4.69, 9.17) is 15.1 Å². The Bertz CT molecular complexity index is 15.5. The third kappa shape index (κ3) is 383. The minimum atomic E-state index is -2.17. The molecular formula is H4BClO3. The average molecular weight is 98.3 g/mol. The van der Waals surface area contributed by atoms with E-state index in [2.05, 4.69) is 0 Å². The van der Waals surface area contributed by atoms with Crippen molar-refractivity contribution in [1.29, 1.82) is 0 Å². The van der Waals surface area contributed by atoms with Crippen LogP contribution in [0.2, 0.25) is 0 Å². The lowest BCUT2D eigenvalue weighted by atomic mass is 10.3. The van der Waals surface area contributed by atoms with Crippen LogP contribution in [-0.4, -0.2) is 22.4 Å². The van der Waals surface area contributed by atoms with E-state index in [1.54, 1.807) is 0 Å². The van der Waals surface area contributed by atoms with Gasteiger partial charge in [-0.2, -0.15) is 0 Å². The number of halogens is 1. The normalized spacial score (nSPS) is 5.40. The summed E-state index contributed by atoms with van der Waals surface area (Å²) in [5.41, 5.74) is 0. The molecule has 32 valence electrons. The van der Waals surface area contributed by atoms with Crippen LogP contribution in [0.4, 0.5) is 0 Å². The summed E-state index contributed by atoms with van der Waals surface area (Å²) >= 11 is 0. The SMILES string of the molecule is OB(O)O.[Cl-].[H+]. The quantitative estimate of drug-likeness (QED) is 0.266. The van der Waals surface area contributed by atoms with E-state index in [9.17, 15) is 0 Å². The number of rotatable bonds is 0. The zero-order valence-electron chi connectivity index (χ0n) is 3.30. The van der Waals surface area contributed by atoms with E-state index >= 15 is 0 Å². The van der Waals surface area contributed by atoms with Crippen LogP contribution in [-0.2, 0) is 0 Å². The molecule has 0 bridgehead atoms. The molecule has 3 N–H and O–H groups in total. The van der Waals surface area contributed by atoms with Gasteiger partial charge in [-0.25, -0.2) is 0 Å². The van der Waals surface area contributed by atoms with E-state index in [1.807, 2.05) is 0 Å². The summed E-state index contributed by atoms with van der Waals surface area (Å²) in [4.78, 5) is 0. The summed E-state index contributed by atoms with van der Waals surface area (Å²) < 4.78 is 0. The summed E-state index contributed by atoms with van der Waals surface area (Å²) in [7, 11) is -2.17. The van der Waals surface area contributed by atoms with Crippen molar-refractivity contribution in [2.75, 3.05) is 0 Å². The van der Waals surface area contributed by atoms with Gasteiger partial charge >= 0.3 is 8.75 Å². The molecule has 5 heteroatoms. The minimum Gasteiger partial charge on any atom is -1.00 e. The van der Waals surface area contributed by atoms with Crippen LogP contribution < -0.4 is 12.4 Å². The minimum absolute atomic E-state index is 0. The van der Waals surface area contributed by atoms with Gasteiger partial charge in [0.1, 0.15) is 0 Å². The second-order valence-corrected chi connectivity index (χ2v) is 0.346. The Morgan fingerprint density at radius 3 is 1.20 bits per heavy atom. The Kier molecular flexibility index (Phi) is 7.60. The van der Waals surface area contributed by atoms with E-state index < -0.39 is 7.32 Å². The molecule has 0 aliphatic rings. The maximum Gasteiger partial charge on any atom is 1.00 e. The van der Waals surface area contributed by atoms with Gasteiger partial charge in [-0.05, 0) is 0 Å². The first-order valence-electron chi connectivity index (χ1n) is 0.775. The van der Waals surface area contributed by atoms with Gasteiger partial charge in [0.25, 0.3) is 0 Å². The Morgan fingerprint density at radius 2 is 1.20 bits per heavy atom. The molecule has 0 unspecified atom stereocenters. The third-order valence-corrected chi connectivity index (χ3v) is 0. The van der Waals surface area contributed by atoms with E-state index in [0.717, 1.165) is 0 Å². The number of hydrogen-bond donors (Lipinski definition) is 3. The summed E-state index contributed by atoms with van der Waals surface area (Å²) in [6.45, 7) is 0. The van der Waals surface area contributed by atoms with Crippen LogP contribution in [0.5, 0.6) is 0 Å². The summed E-state index contributed by atoms with van der Waals surface area (Å²) in [6, 6.07) is 0. The van der Waals surface area contributed by atoms with Crippen LogP contribution in [0.1, 0.15) is 1.43 Å². The molecule has 0 aromatic heterocycles. The molecule has 0 rings (SSSR count). The van der Waals surface area contributed by atoms with Crippen molar-refractivity contribution in [2.24, 2.45) is 0 Å². The molecule has 5 heavy (non-hydrogen) atoms. The third-order valence-electron chi connectivity index (χ3n) is 0. The highest BCUT2D eigenvalue weighted by atomic mass is 35.5. The first-order valence-corrected chi connectivity index (χ1v) is 0.775. The second kappa shape index (κ2) is 4.23. The molecule has 0 fully saturated rings. The number of hydrogen-bond acceptors (Lipinski definition) is 3. The van der Waals surface area contributed by atoms with Gasteiger partial charge in [0.2, 0.25) is 0 Å². The van der Waals surface area contributed by atoms with Crippen molar-refractivity contribution in [2.45, 2.75) is 0 Å². The van der Waals surface area contributed by atoms with E-state index in [-0.39, 0.29) is 13.8 Å². The van der Waals surface area contributed by atoms with Crippen LogP contribution in [0.3, 0.4) is 0 Å². The van der Waals surface area contributed by atoms with Gasteiger partial charge in [0.15, 0.2) is 0 Å². The lowest BCUT2D eigenvalue weighted by molar-refractivity contribution is -0.00000690. The lowest BCUT2D eigenvalue weighted by Gasteiger charge is -1.69.